The molecular formula is C17H21ClN2. The summed E-state index contributed by atoms with van der Waals surface area (Å²) in [7, 11) is 0. The van der Waals surface area contributed by atoms with Gasteiger partial charge in [0.1, 0.15) is 0 Å². The zero-order valence-corrected chi connectivity index (χ0v) is 12.5. The van der Waals surface area contributed by atoms with Gasteiger partial charge in [0.25, 0.3) is 0 Å². The highest BCUT2D eigenvalue weighted by atomic mass is 35.5. The van der Waals surface area contributed by atoms with Crippen molar-refractivity contribution in [1.82, 2.24) is 0 Å². The van der Waals surface area contributed by atoms with E-state index in [-0.39, 0.29) is 6.04 Å². The van der Waals surface area contributed by atoms with Crippen LogP contribution in [0.15, 0.2) is 54.6 Å². The molecule has 3 N–H and O–H groups in total. The first-order chi connectivity index (χ1) is 9.69. The molecule has 2 nitrogen and oxygen atoms in total. The van der Waals surface area contributed by atoms with Crippen LogP contribution in [-0.2, 0) is 0 Å². The molecule has 0 amide bonds. The minimum atomic E-state index is 0.256. The van der Waals surface area contributed by atoms with Crippen LogP contribution in [-0.4, -0.2) is 12.6 Å². The molecule has 0 bridgehead atoms. The fourth-order valence-corrected chi connectivity index (χ4v) is 2.47. The zero-order chi connectivity index (χ0) is 14.4. The third kappa shape index (κ3) is 4.26. The molecule has 0 saturated carbocycles. The van der Waals surface area contributed by atoms with Gasteiger partial charge in [0.2, 0.25) is 0 Å². The van der Waals surface area contributed by atoms with E-state index in [1.165, 1.54) is 5.56 Å². The SMILES string of the molecule is CC(CC(CN)Nc1ccc(Cl)cc1)c1ccccc1. The van der Waals surface area contributed by atoms with Crippen molar-refractivity contribution < 1.29 is 0 Å². The van der Waals surface area contributed by atoms with Gasteiger partial charge in [-0.25, -0.2) is 0 Å². The van der Waals surface area contributed by atoms with E-state index in [0.717, 1.165) is 17.1 Å². The molecule has 20 heavy (non-hydrogen) atoms. The molecule has 0 fully saturated rings. The lowest BCUT2D eigenvalue weighted by Gasteiger charge is -2.22. The van der Waals surface area contributed by atoms with Crippen LogP contribution >= 0.6 is 11.6 Å². The lowest BCUT2D eigenvalue weighted by Crippen LogP contribution is -2.30. The summed E-state index contributed by atoms with van der Waals surface area (Å²) in [5.74, 6) is 0.476. The molecular weight excluding hydrogens is 268 g/mol. The van der Waals surface area contributed by atoms with Crippen molar-refractivity contribution in [2.24, 2.45) is 5.73 Å². The number of hydrogen-bond donors (Lipinski definition) is 2. The van der Waals surface area contributed by atoms with Crippen molar-refractivity contribution in [1.29, 1.82) is 0 Å². The molecule has 0 aromatic heterocycles. The largest absolute Gasteiger partial charge is 0.381 e. The van der Waals surface area contributed by atoms with Crippen molar-refractivity contribution >= 4 is 17.3 Å². The van der Waals surface area contributed by atoms with E-state index in [9.17, 15) is 0 Å². The second-order valence-corrected chi connectivity index (χ2v) is 5.57. The predicted molar refractivity (Wildman–Crippen MR) is 87.4 cm³/mol. The molecule has 0 aliphatic heterocycles. The second-order valence-electron chi connectivity index (χ2n) is 5.13. The molecule has 0 aliphatic carbocycles. The first-order valence-corrected chi connectivity index (χ1v) is 7.34. The lowest BCUT2D eigenvalue weighted by molar-refractivity contribution is 0.586. The van der Waals surface area contributed by atoms with Gasteiger partial charge < -0.3 is 11.1 Å². The molecule has 0 aliphatic rings. The number of anilines is 1. The summed E-state index contributed by atoms with van der Waals surface area (Å²) in [5, 5.41) is 4.22. The number of halogens is 1. The van der Waals surface area contributed by atoms with Crippen LogP contribution in [0.2, 0.25) is 5.02 Å². The third-order valence-corrected chi connectivity index (χ3v) is 3.76. The molecule has 0 spiro atoms. The van der Waals surface area contributed by atoms with Crippen molar-refractivity contribution in [2.45, 2.75) is 25.3 Å². The van der Waals surface area contributed by atoms with Gasteiger partial charge in [-0.3, -0.25) is 0 Å². The van der Waals surface area contributed by atoms with E-state index < -0.39 is 0 Å². The van der Waals surface area contributed by atoms with E-state index >= 15 is 0 Å². The molecule has 2 unspecified atom stereocenters. The maximum atomic E-state index is 5.89. The Morgan fingerprint density at radius 2 is 1.70 bits per heavy atom. The van der Waals surface area contributed by atoms with Crippen LogP contribution in [0.25, 0.3) is 0 Å². The fraction of sp³-hybridized carbons (Fsp3) is 0.294. The molecule has 3 heteroatoms. The van der Waals surface area contributed by atoms with Crippen LogP contribution in [0, 0.1) is 0 Å². The minimum absolute atomic E-state index is 0.256. The van der Waals surface area contributed by atoms with E-state index in [4.69, 9.17) is 17.3 Å². The van der Waals surface area contributed by atoms with Crippen LogP contribution in [0.3, 0.4) is 0 Å². The van der Waals surface area contributed by atoms with Crippen LogP contribution in [0.1, 0.15) is 24.8 Å². The van der Waals surface area contributed by atoms with Crippen molar-refractivity contribution in [3.63, 3.8) is 0 Å². The molecule has 0 heterocycles. The Hall–Kier alpha value is -1.51. The molecule has 2 aromatic carbocycles. The molecule has 2 rings (SSSR count). The Morgan fingerprint density at radius 3 is 2.30 bits per heavy atom. The van der Waals surface area contributed by atoms with Crippen molar-refractivity contribution in [3.8, 4) is 0 Å². The van der Waals surface area contributed by atoms with Gasteiger partial charge in [-0.15, -0.1) is 0 Å². The predicted octanol–water partition coefficient (Wildman–Crippen LogP) is 4.27. The standard InChI is InChI=1S/C17H21ClN2/c1-13(14-5-3-2-4-6-14)11-17(12-19)20-16-9-7-15(18)8-10-16/h2-10,13,17,20H,11-12,19H2,1H3. The number of rotatable bonds is 6. The molecule has 0 saturated heterocycles. The minimum Gasteiger partial charge on any atom is -0.381 e. The molecule has 2 atom stereocenters. The topological polar surface area (TPSA) is 38.0 Å². The molecule has 2 aromatic rings. The third-order valence-electron chi connectivity index (χ3n) is 3.51. The Bertz CT molecular complexity index is 510. The Kier molecular flexibility index (Phi) is 5.45. The van der Waals surface area contributed by atoms with E-state index in [2.05, 4.69) is 36.5 Å². The maximum absolute atomic E-state index is 5.89. The maximum Gasteiger partial charge on any atom is 0.0407 e. The highest BCUT2D eigenvalue weighted by Gasteiger charge is 2.13. The van der Waals surface area contributed by atoms with Crippen LogP contribution in [0.5, 0.6) is 0 Å². The summed E-state index contributed by atoms with van der Waals surface area (Å²) < 4.78 is 0. The smallest absolute Gasteiger partial charge is 0.0407 e. The summed E-state index contributed by atoms with van der Waals surface area (Å²) in [5.41, 5.74) is 8.30. The molecule has 106 valence electrons. The van der Waals surface area contributed by atoms with Gasteiger partial charge >= 0.3 is 0 Å². The van der Waals surface area contributed by atoms with Crippen molar-refractivity contribution in [3.05, 3.63) is 65.2 Å². The summed E-state index contributed by atoms with van der Waals surface area (Å²) in [6, 6.07) is 18.5. The zero-order valence-electron chi connectivity index (χ0n) is 11.7. The van der Waals surface area contributed by atoms with Gasteiger partial charge in [0, 0.05) is 23.3 Å². The monoisotopic (exact) mass is 288 g/mol. The summed E-state index contributed by atoms with van der Waals surface area (Å²) in [6.45, 7) is 2.85. The summed E-state index contributed by atoms with van der Waals surface area (Å²) in [6.07, 6.45) is 1.00. The first kappa shape index (κ1) is 14.9. The average molecular weight is 289 g/mol. The average Bonchev–Trinajstić information content (AvgIpc) is 2.49. The number of hydrogen-bond acceptors (Lipinski definition) is 2. The summed E-state index contributed by atoms with van der Waals surface area (Å²) >= 11 is 5.89. The van der Waals surface area contributed by atoms with Gasteiger partial charge in [-0.1, -0.05) is 48.9 Å². The highest BCUT2D eigenvalue weighted by Crippen LogP contribution is 2.22. The summed E-state index contributed by atoms with van der Waals surface area (Å²) in [4.78, 5) is 0. The quantitative estimate of drug-likeness (QED) is 0.833. The van der Waals surface area contributed by atoms with Gasteiger partial charge in [0.05, 0.1) is 0 Å². The van der Waals surface area contributed by atoms with Crippen LogP contribution in [0.4, 0.5) is 5.69 Å². The second kappa shape index (κ2) is 7.32. The normalized spacial score (nSPS) is 13.8. The Balaban J connectivity index is 1.97. The highest BCUT2D eigenvalue weighted by molar-refractivity contribution is 6.30. The van der Waals surface area contributed by atoms with Gasteiger partial charge in [0.15, 0.2) is 0 Å². The van der Waals surface area contributed by atoms with Crippen molar-refractivity contribution in [2.75, 3.05) is 11.9 Å². The van der Waals surface area contributed by atoms with Gasteiger partial charge in [-0.2, -0.15) is 0 Å². The number of nitrogens with two attached hydrogens (primary N) is 1. The number of benzene rings is 2. The van der Waals surface area contributed by atoms with Crippen LogP contribution < -0.4 is 11.1 Å². The number of nitrogens with one attached hydrogen (secondary N) is 1. The Morgan fingerprint density at radius 1 is 1.05 bits per heavy atom. The molecule has 0 radical (unpaired) electrons. The first-order valence-electron chi connectivity index (χ1n) is 6.96. The lowest BCUT2D eigenvalue weighted by atomic mass is 9.94. The van der Waals surface area contributed by atoms with E-state index in [1.54, 1.807) is 0 Å². The fourth-order valence-electron chi connectivity index (χ4n) is 2.34. The van der Waals surface area contributed by atoms with E-state index in [1.807, 2.05) is 30.3 Å². The Labute approximate surface area is 126 Å². The van der Waals surface area contributed by atoms with E-state index in [0.29, 0.717) is 12.5 Å². The van der Waals surface area contributed by atoms with Gasteiger partial charge in [-0.05, 0) is 42.2 Å².